The van der Waals surface area contributed by atoms with E-state index in [0.717, 1.165) is 0 Å². The second-order valence-corrected chi connectivity index (χ2v) is 7.52. The summed E-state index contributed by atoms with van der Waals surface area (Å²) in [4.78, 5) is 0. The van der Waals surface area contributed by atoms with Gasteiger partial charge in [-0.15, -0.1) is 0 Å². The molecule has 4 rings (SSSR count). The SMILES string of the molecule is CCCCC1=C(CCCC)c2ccccc2B2Nc3ccccc3C=C21. The van der Waals surface area contributed by atoms with Crippen molar-refractivity contribution in [2.24, 2.45) is 0 Å². The van der Waals surface area contributed by atoms with Crippen molar-refractivity contribution < 1.29 is 0 Å². The Morgan fingerprint density at radius 1 is 0.808 bits per heavy atom. The average Bonchev–Trinajstić information content (AvgIpc) is 2.69. The number of rotatable bonds is 6. The number of nitrogens with one attached hydrogen (secondary N) is 1. The molecule has 0 amide bonds. The molecule has 0 radical (unpaired) electrons. The first-order chi connectivity index (χ1) is 12.8. The highest BCUT2D eigenvalue weighted by Gasteiger charge is 2.36. The lowest BCUT2D eigenvalue weighted by Gasteiger charge is -2.35. The van der Waals surface area contributed by atoms with Gasteiger partial charge in [-0.3, -0.25) is 0 Å². The van der Waals surface area contributed by atoms with E-state index in [1.54, 1.807) is 11.1 Å². The number of hydrogen-bond acceptors (Lipinski definition) is 1. The monoisotopic (exact) mass is 341 g/mol. The van der Waals surface area contributed by atoms with Gasteiger partial charge in [0.05, 0.1) is 0 Å². The lowest BCUT2D eigenvalue weighted by molar-refractivity contribution is 0.783. The highest BCUT2D eigenvalue weighted by atomic mass is 14.8. The number of allylic oxidation sites excluding steroid dienone is 3. The van der Waals surface area contributed by atoms with Crippen LogP contribution >= 0.6 is 0 Å². The number of benzene rings is 2. The lowest BCUT2D eigenvalue weighted by atomic mass is 9.42. The van der Waals surface area contributed by atoms with Crippen molar-refractivity contribution in [3.63, 3.8) is 0 Å². The van der Waals surface area contributed by atoms with E-state index >= 15 is 0 Å². The van der Waals surface area contributed by atoms with Gasteiger partial charge < -0.3 is 5.23 Å². The Balaban J connectivity index is 1.90. The summed E-state index contributed by atoms with van der Waals surface area (Å²) in [6.45, 7) is 4.88. The summed E-state index contributed by atoms with van der Waals surface area (Å²) >= 11 is 0. The fourth-order valence-electron chi connectivity index (χ4n) is 4.39. The maximum atomic E-state index is 3.84. The Morgan fingerprint density at radius 3 is 2.31 bits per heavy atom. The van der Waals surface area contributed by atoms with E-state index in [-0.39, 0.29) is 0 Å². The Labute approximate surface area is 158 Å². The number of fused-ring (bicyclic) bond motifs is 4. The van der Waals surface area contributed by atoms with Gasteiger partial charge in [0.1, 0.15) is 0 Å². The zero-order chi connectivity index (χ0) is 17.9. The average molecular weight is 341 g/mol. The Morgan fingerprint density at radius 2 is 1.50 bits per heavy atom. The van der Waals surface area contributed by atoms with Crippen molar-refractivity contribution in [1.29, 1.82) is 0 Å². The van der Waals surface area contributed by atoms with Crippen LogP contribution in [0, 0.1) is 0 Å². The minimum Gasteiger partial charge on any atom is -0.420 e. The van der Waals surface area contributed by atoms with Crippen LogP contribution in [0.25, 0.3) is 11.6 Å². The second kappa shape index (κ2) is 7.57. The molecule has 0 aliphatic carbocycles. The zero-order valence-electron chi connectivity index (χ0n) is 16.0. The molecule has 2 aliphatic heterocycles. The predicted octanol–water partition coefficient (Wildman–Crippen LogP) is 6.08. The zero-order valence-corrected chi connectivity index (χ0v) is 16.0. The minimum absolute atomic E-state index is 0.290. The summed E-state index contributed by atoms with van der Waals surface area (Å²) < 4.78 is 0. The number of para-hydroxylation sites is 1. The smallest absolute Gasteiger partial charge is 0.321 e. The van der Waals surface area contributed by atoms with Gasteiger partial charge in [-0.05, 0) is 65.0 Å². The molecule has 0 atom stereocenters. The minimum atomic E-state index is 0.290. The quantitative estimate of drug-likeness (QED) is 0.628. The molecule has 2 heteroatoms. The van der Waals surface area contributed by atoms with Crippen molar-refractivity contribution in [2.75, 3.05) is 5.23 Å². The molecule has 2 aliphatic rings. The van der Waals surface area contributed by atoms with Crippen LogP contribution in [0.2, 0.25) is 0 Å². The second-order valence-electron chi connectivity index (χ2n) is 7.52. The maximum absolute atomic E-state index is 3.84. The Kier molecular flexibility index (Phi) is 5.01. The van der Waals surface area contributed by atoms with Crippen LogP contribution in [-0.4, -0.2) is 6.85 Å². The highest BCUT2D eigenvalue weighted by molar-refractivity contribution is 6.85. The van der Waals surface area contributed by atoms with Crippen LogP contribution in [0.3, 0.4) is 0 Å². The summed E-state index contributed by atoms with van der Waals surface area (Å²) in [5.41, 5.74) is 10.2. The van der Waals surface area contributed by atoms with Crippen LogP contribution in [0.1, 0.15) is 63.5 Å². The molecule has 0 aromatic heterocycles. The van der Waals surface area contributed by atoms with Crippen LogP contribution in [0.4, 0.5) is 5.69 Å². The van der Waals surface area contributed by atoms with Gasteiger partial charge in [-0.1, -0.05) is 75.2 Å². The molecule has 2 aromatic rings. The Bertz CT molecular complexity index is 862. The van der Waals surface area contributed by atoms with E-state index in [9.17, 15) is 0 Å². The molecule has 1 N–H and O–H groups in total. The highest BCUT2D eigenvalue weighted by Crippen LogP contribution is 2.40. The van der Waals surface area contributed by atoms with Gasteiger partial charge >= 0.3 is 6.85 Å². The summed E-state index contributed by atoms with van der Waals surface area (Å²) in [6, 6.07) is 17.7. The summed E-state index contributed by atoms with van der Waals surface area (Å²) in [7, 11) is 0. The third kappa shape index (κ3) is 3.02. The topological polar surface area (TPSA) is 12.0 Å². The van der Waals surface area contributed by atoms with Crippen molar-refractivity contribution in [1.82, 2.24) is 0 Å². The molecule has 0 fully saturated rings. The first kappa shape index (κ1) is 17.2. The van der Waals surface area contributed by atoms with Crippen LogP contribution in [0.15, 0.2) is 59.6 Å². The molecule has 0 unspecified atom stereocenters. The number of unbranched alkanes of at least 4 members (excludes halogenated alkanes) is 2. The molecule has 0 saturated heterocycles. The normalized spacial score (nSPS) is 15.0. The van der Waals surface area contributed by atoms with Crippen LogP contribution in [-0.2, 0) is 0 Å². The van der Waals surface area contributed by atoms with E-state index < -0.39 is 0 Å². The maximum Gasteiger partial charge on any atom is 0.321 e. The molecule has 2 aromatic carbocycles. The molecule has 0 saturated carbocycles. The third-order valence-electron chi connectivity index (χ3n) is 5.75. The summed E-state index contributed by atoms with van der Waals surface area (Å²) in [6.07, 6.45) is 9.85. The van der Waals surface area contributed by atoms with Gasteiger partial charge in [0.25, 0.3) is 0 Å². The van der Waals surface area contributed by atoms with E-state index in [1.165, 1.54) is 66.3 Å². The molecule has 0 bridgehead atoms. The van der Waals surface area contributed by atoms with Gasteiger partial charge in [0.15, 0.2) is 0 Å². The summed E-state index contributed by atoms with van der Waals surface area (Å²) in [5.74, 6) is 0. The van der Waals surface area contributed by atoms with Gasteiger partial charge in [-0.2, -0.15) is 0 Å². The van der Waals surface area contributed by atoms with Gasteiger partial charge in [0, 0.05) is 5.69 Å². The third-order valence-corrected chi connectivity index (χ3v) is 5.75. The molecule has 2 heterocycles. The number of hydrogen-bond donors (Lipinski definition) is 1. The van der Waals surface area contributed by atoms with Crippen LogP contribution in [0.5, 0.6) is 0 Å². The first-order valence-corrected chi connectivity index (χ1v) is 10.2. The van der Waals surface area contributed by atoms with Crippen LogP contribution < -0.4 is 10.7 Å². The summed E-state index contributed by atoms with van der Waals surface area (Å²) in [5, 5.41) is 3.84. The lowest BCUT2D eigenvalue weighted by Crippen LogP contribution is -2.47. The molecule has 132 valence electrons. The standard InChI is InChI=1S/C24H28BN/c1-3-5-12-19-20-14-8-9-15-22(20)25-23(21(19)13-6-4-2)17-18-11-7-10-16-24(18)26-25/h7-11,14-17,26H,3-6,12-13H2,1-2H3. The van der Waals surface area contributed by atoms with E-state index in [1.807, 2.05) is 0 Å². The van der Waals surface area contributed by atoms with Crippen molar-refractivity contribution >= 4 is 29.6 Å². The number of anilines is 1. The fourth-order valence-corrected chi connectivity index (χ4v) is 4.39. The first-order valence-electron chi connectivity index (χ1n) is 10.2. The van der Waals surface area contributed by atoms with Crippen molar-refractivity contribution in [3.8, 4) is 0 Å². The van der Waals surface area contributed by atoms with Crippen molar-refractivity contribution in [2.45, 2.75) is 52.4 Å². The van der Waals surface area contributed by atoms with Gasteiger partial charge in [0.2, 0.25) is 0 Å². The molecule has 0 spiro atoms. The van der Waals surface area contributed by atoms with E-state index in [4.69, 9.17) is 0 Å². The molecule has 1 nitrogen and oxygen atoms in total. The van der Waals surface area contributed by atoms with E-state index in [0.29, 0.717) is 6.85 Å². The van der Waals surface area contributed by atoms with Gasteiger partial charge in [-0.25, -0.2) is 0 Å². The molecule has 26 heavy (non-hydrogen) atoms. The predicted molar refractivity (Wildman–Crippen MR) is 116 cm³/mol. The van der Waals surface area contributed by atoms with Crippen molar-refractivity contribution in [3.05, 3.63) is 70.7 Å². The molecular formula is C24H28BN. The Hall–Kier alpha value is -2.22. The fraction of sp³-hybridized carbons (Fsp3) is 0.333. The largest absolute Gasteiger partial charge is 0.420 e. The molecular weight excluding hydrogens is 313 g/mol. The van der Waals surface area contributed by atoms with E-state index in [2.05, 4.69) is 73.7 Å².